The summed E-state index contributed by atoms with van der Waals surface area (Å²) in [5, 5.41) is 2.33. The Morgan fingerprint density at radius 2 is 1.71 bits per heavy atom. The number of carbonyl (C=O) groups is 1. The number of hydrogen-bond acceptors (Lipinski definition) is 3. The van der Waals surface area contributed by atoms with Crippen LogP contribution >= 0.6 is 0 Å². The number of halogens is 6. The van der Waals surface area contributed by atoms with E-state index in [9.17, 15) is 31.1 Å². The molecule has 1 amide bonds. The number of hydrogen-bond donors (Lipinski definition) is 1. The van der Waals surface area contributed by atoms with Crippen LogP contribution in [0.25, 0.3) is 0 Å². The van der Waals surface area contributed by atoms with Gasteiger partial charge >= 0.3 is 12.4 Å². The van der Waals surface area contributed by atoms with Gasteiger partial charge in [0, 0.05) is 25.9 Å². The zero-order chi connectivity index (χ0) is 18.2. The molecule has 24 heavy (non-hydrogen) atoms. The Kier molecular flexibility index (Phi) is 4.82. The molecule has 0 bridgehead atoms. The minimum atomic E-state index is -4.54. The van der Waals surface area contributed by atoms with Crippen molar-refractivity contribution < 1.29 is 35.9 Å². The first-order chi connectivity index (χ1) is 11.0. The van der Waals surface area contributed by atoms with Crippen LogP contribution in [0.4, 0.5) is 32.0 Å². The fraction of sp³-hybridized carbons (Fsp3) is 0.500. The van der Waals surface area contributed by atoms with Crippen LogP contribution < -0.4 is 5.32 Å². The van der Waals surface area contributed by atoms with E-state index in [1.54, 1.807) is 0 Å². The number of nitrogens with one attached hydrogen (secondary N) is 1. The quantitative estimate of drug-likeness (QED) is 0.844. The molecule has 0 spiro atoms. The first-order valence-electron chi connectivity index (χ1n) is 6.78. The molecule has 0 aromatic heterocycles. The molecule has 1 aromatic carbocycles. The lowest BCUT2D eigenvalue weighted by Crippen LogP contribution is -2.70. The molecule has 1 aliphatic heterocycles. The van der Waals surface area contributed by atoms with Gasteiger partial charge in [-0.1, -0.05) is 0 Å². The van der Waals surface area contributed by atoms with Crippen molar-refractivity contribution in [3.05, 3.63) is 29.8 Å². The van der Waals surface area contributed by atoms with Gasteiger partial charge in [-0.15, -0.1) is 0 Å². The van der Waals surface area contributed by atoms with Gasteiger partial charge in [0.05, 0.1) is 12.1 Å². The van der Waals surface area contributed by atoms with Crippen LogP contribution in [-0.4, -0.2) is 49.3 Å². The van der Waals surface area contributed by atoms with Gasteiger partial charge in [0.25, 0.3) is 0 Å². The third-order valence-electron chi connectivity index (χ3n) is 3.73. The molecule has 1 aliphatic rings. The van der Waals surface area contributed by atoms with Gasteiger partial charge in [0.15, 0.2) is 5.60 Å². The first kappa shape index (κ1) is 18.5. The van der Waals surface area contributed by atoms with E-state index in [1.165, 1.54) is 4.90 Å². The lowest BCUT2D eigenvalue weighted by Gasteiger charge is -2.49. The average Bonchev–Trinajstić information content (AvgIpc) is 2.40. The summed E-state index contributed by atoms with van der Waals surface area (Å²) < 4.78 is 80.2. The van der Waals surface area contributed by atoms with Crippen molar-refractivity contribution in [3.63, 3.8) is 0 Å². The van der Waals surface area contributed by atoms with Crippen LogP contribution in [-0.2, 0) is 15.7 Å². The molecule has 1 saturated heterocycles. The standard InChI is InChI=1S/C14H14F6N2O2/c1-24-12(14(18,19)20)7-22(8-12)6-11(23)21-10-4-2-9(3-5-10)13(15,16)17/h2-5H,6-8H2,1H3,(H,21,23). The van der Waals surface area contributed by atoms with Crippen molar-refractivity contribution in [1.29, 1.82) is 0 Å². The van der Waals surface area contributed by atoms with E-state index in [4.69, 9.17) is 0 Å². The summed E-state index contributed by atoms with van der Waals surface area (Å²) in [7, 11) is 0.951. The second-order valence-corrected chi connectivity index (χ2v) is 5.46. The predicted molar refractivity (Wildman–Crippen MR) is 72.3 cm³/mol. The largest absolute Gasteiger partial charge is 0.419 e. The maximum atomic E-state index is 12.8. The molecule has 0 atom stereocenters. The van der Waals surface area contributed by atoms with Gasteiger partial charge in [0.2, 0.25) is 5.91 Å². The van der Waals surface area contributed by atoms with Crippen molar-refractivity contribution in [2.75, 3.05) is 32.1 Å². The highest BCUT2D eigenvalue weighted by atomic mass is 19.4. The summed E-state index contributed by atoms with van der Waals surface area (Å²) >= 11 is 0. The zero-order valence-corrected chi connectivity index (χ0v) is 12.5. The molecule has 4 nitrogen and oxygen atoms in total. The number of ether oxygens (including phenoxy) is 1. The van der Waals surface area contributed by atoms with E-state index in [0.717, 1.165) is 31.4 Å². The smallest absolute Gasteiger partial charge is 0.366 e. The maximum absolute atomic E-state index is 12.8. The molecular weight excluding hydrogens is 342 g/mol. The van der Waals surface area contributed by atoms with E-state index in [-0.39, 0.29) is 12.2 Å². The minimum absolute atomic E-state index is 0.127. The first-order valence-corrected chi connectivity index (χ1v) is 6.78. The van der Waals surface area contributed by atoms with Crippen LogP contribution in [0, 0.1) is 0 Å². The number of amides is 1. The van der Waals surface area contributed by atoms with Crippen molar-refractivity contribution in [2.45, 2.75) is 18.0 Å². The number of rotatable bonds is 4. The third-order valence-corrected chi connectivity index (χ3v) is 3.73. The Balaban J connectivity index is 1.87. The molecule has 0 unspecified atom stereocenters. The highest BCUT2D eigenvalue weighted by Gasteiger charge is 2.62. The summed E-state index contributed by atoms with van der Waals surface area (Å²) in [4.78, 5) is 13.0. The van der Waals surface area contributed by atoms with Crippen LogP contribution in [0.3, 0.4) is 0 Å². The molecule has 1 N–H and O–H groups in total. The monoisotopic (exact) mass is 356 g/mol. The Morgan fingerprint density at radius 1 is 1.17 bits per heavy atom. The second-order valence-electron chi connectivity index (χ2n) is 5.46. The molecule has 0 radical (unpaired) electrons. The average molecular weight is 356 g/mol. The molecular formula is C14H14F6N2O2. The number of alkyl halides is 6. The Morgan fingerprint density at radius 3 is 2.12 bits per heavy atom. The Labute approximate surface area is 133 Å². The van der Waals surface area contributed by atoms with Crippen molar-refractivity contribution in [2.24, 2.45) is 0 Å². The van der Waals surface area contributed by atoms with E-state index in [1.807, 2.05) is 0 Å². The summed E-state index contributed by atoms with van der Waals surface area (Å²) in [6.45, 7) is -1.27. The van der Waals surface area contributed by atoms with Crippen molar-refractivity contribution in [1.82, 2.24) is 4.90 Å². The summed E-state index contributed by atoms with van der Waals surface area (Å²) in [6, 6.07) is 3.76. The van der Waals surface area contributed by atoms with Gasteiger partial charge in [-0.2, -0.15) is 26.3 Å². The summed E-state index contributed by atoms with van der Waals surface area (Å²) in [5.41, 5.74) is -3.01. The van der Waals surface area contributed by atoms with Crippen molar-refractivity contribution in [3.8, 4) is 0 Å². The molecule has 2 rings (SSSR count). The lowest BCUT2D eigenvalue weighted by molar-refractivity contribution is -0.309. The maximum Gasteiger partial charge on any atom is 0.419 e. The topological polar surface area (TPSA) is 41.6 Å². The molecule has 1 fully saturated rings. The van der Waals surface area contributed by atoms with Crippen LogP contribution in [0.15, 0.2) is 24.3 Å². The van der Waals surface area contributed by atoms with E-state index >= 15 is 0 Å². The van der Waals surface area contributed by atoms with Crippen LogP contribution in [0.2, 0.25) is 0 Å². The molecule has 0 aliphatic carbocycles. The fourth-order valence-corrected chi connectivity index (χ4v) is 2.36. The van der Waals surface area contributed by atoms with E-state index < -0.39 is 42.5 Å². The number of benzene rings is 1. The normalized spacial score (nSPS) is 18.1. The molecule has 1 heterocycles. The van der Waals surface area contributed by atoms with E-state index in [2.05, 4.69) is 10.1 Å². The Bertz CT molecular complexity index is 591. The van der Waals surface area contributed by atoms with Crippen LogP contribution in [0.1, 0.15) is 5.56 Å². The molecule has 134 valence electrons. The highest BCUT2D eigenvalue weighted by Crippen LogP contribution is 2.40. The predicted octanol–water partition coefficient (Wildman–Crippen LogP) is 2.91. The number of likely N-dealkylation sites (tertiary alicyclic amines) is 1. The molecule has 0 saturated carbocycles. The van der Waals surface area contributed by atoms with Gasteiger partial charge < -0.3 is 10.1 Å². The fourth-order valence-electron chi connectivity index (χ4n) is 2.36. The Hall–Kier alpha value is -1.81. The highest BCUT2D eigenvalue weighted by molar-refractivity contribution is 5.92. The summed E-state index contributed by atoms with van der Waals surface area (Å²) in [6.07, 6.45) is -9.02. The van der Waals surface area contributed by atoms with Gasteiger partial charge in [-0.3, -0.25) is 9.69 Å². The van der Waals surface area contributed by atoms with Crippen LogP contribution in [0.5, 0.6) is 0 Å². The van der Waals surface area contributed by atoms with Gasteiger partial charge in [-0.05, 0) is 24.3 Å². The number of anilines is 1. The van der Waals surface area contributed by atoms with Gasteiger partial charge in [0.1, 0.15) is 0 Å². The second kappa shape index (κ2) is 6.25. The SMILES string of the molecule is COC1(C(F)(F)F)CN(CC(=O)Nc2ccc(C(F)(F)F)cc2)C1. The number of methoxy groups -OCH3 is 1. The third kappa shape index (κ3) is 3.81. The number of nitrogens with zero attached hydrogens (tertiary/aromatic N) is 1. The van der Waals surface area contributed by atoms with E-state index in [0.29, 0.717) is 0 Å². The minimum Gasteiger partial charge on any atom is -0.366 e. The van der Waals surface area contributed by atoms with Gasteiger partial charge in [-0.25, -0.2) is 0 Å². The lowest BCUT2D eigenvalue weighted by atomic mass is 9.93. The molecule has 10 heteroatoms. The summed E-state index contributed by atoms with van der Waals surface area (Å²) in [5.74, 6) is -0.623. The zero-order valence-electron chi connectivity index (χ0n) is 12.5. The van der Waals surface area contributed by atoms with Crippen molar-refractivity contribution >= 4 is 11.6 Å². The number of carbonyl (C=O) groups excluding carboxylic acids is 1. The molecule has 1 aromatic rings.